The van der Waals surface area contributed by atoms with E-state index in [1.54, 1.807) is 20.2 Å². The highest BCUT2D eigenvalue weighted by Gasteiger charge is 2.32. The van der Waals surface area contributed by atoms with Gasteiger partial charge in [0.25, 0.3) is 5.56 Å². The summed E-state index contributed by atoms with van der Waals surface area (Å²) in [5.41, 5.74) is 3.80. The zero-order chi connectivity index (χ0) is 21.3. The lowest BCUT2D eigenvalue weighted by Crippen LogP contribution is -2.42. The molecule has 2 rings (SSSR count). The van der Waals surface area contributed by atoms with Crippen molar-refractivity contribution >= 4 is 11.5 Å². The van der Waals surface area contributed by atoms with Crippen LogP contribution in [-0.2, 0) is 14.1 Å². The van der Waals surface area contributed by atoms with Gasteiger partial charge in [-0.15, -0.1) is 0 Å². The Hall–Kier alpha value is -3.68. The molecule has 10 nitrogen and oxygen atoms in total. The fourth-order valence-corrected chi connectivity index (χ4v) is 3.04. The molecule has 11 heteroatoms. The van der Waals surface area contributed by atoms with Crippen LogP contribution in [0.3, 0.4) is 0 Å². The lowest BCUT2D eigenvalue weighted by Gasteiger charge is -2.21. The molecule has 1 atom stereocenters. The van der Waals surface area contributed by atoms with Gasteiger partial charge in [0.2, 0.25) is 6.54 Å². The molecule has 1 aromatic heterocycles. The molecule has 0 saturated carbocycles. The van der Waals surface area contributed by atoms with Crippen LogP contribution in [0.2, 0.25) is 0 Å². The van der Waals surface area contributed by atoms with Crippen molar-refractivity contribution in [2.45, 2.75) is 5.92 Å². The molecule has 28 heavy (non-hydrogen) atoms. The molecule has 2 aromatic rings. The van der Waals surface area contributed by atoms with Gasteiger partial charge in [0.05, 0.1) is 17.2 Å². The molecule has 0 spiro atoms. The average Bonchev–Trinajstić information content (AvgIpc) is 2.63. The van der Waals surface area contributed by atoms with Gasteiger partial charge in [0.15, 0.2) is 0 Å². The second-order valence-electron chi connectivity index (χ2n) is 6.44. The van der Waals surface area contributed by atoms with Crippen LogP contribution in [0.4, 0.5) is 15.9 Å². The topological polar surface area (TPSA) is 140 Å². The number of nitro groups is 1. The first-order chi connectivity index (χ1) is 13.0. The Morgan fingerprint density at radius 3 is 2.43 bits per heavy atom. The third-order valence-corrected chi connectivity index (χ3v) is 4.55. The molecule has 148 valence electrons. The average molecular weight is 390 g/mol. The molecule has 0 fully saturated rings. The summed E-state index contributed by atoms with van der Waals surface area (Å²) in [6.45, 7) is -0.846. The Kier molecular flexibility index (Phi) is 5.54. The molecule has 0 amide bonds. The number of anilines is 2. The molecule has 1 heterocycles. The number of nitriles is 1. The maximum Gasteiger partial charge on any atom is 0.332 e. The summed E-state index contributed by atoms with van der Waals surface area (Å²) in [7, 11) is 5.73. The van der Waals surface area contributed by atoms with Gasteiger partial charge in [-0.1, -0.05) is 6.07 Å². The summed E-state index contributed by atoms with van der Waals surface area (Å²) in [5.74, 6) is -2.66. The highest BCUT2D eigenvalue weighted by Crippen LogP contribution is 2.32. The lowest BCUT2D eigenvalue weighted by atomic mass is 9.89. The molecular formula is C17H19FN6O4. The first-order valence-corrected chi connectivity index (χ1v) is 8.09. The number of hydrogen-bond acceptors (Lipinski definition) is 7. The second kappa shape index (κ2) is 7.51. The number of nitrogens with two attached hydrogens (primary N) is 1. The highest BCUT2D eigenvalue weighted by molar-refractivity contribution is 5.62. The number of benzene rings is 1. The van der Waals surface area contributed by atoms with E-state index < -0.39 is 34.5 Å². The SMILES string of the molecule is CN(C)c1ccc([C@@H](C[N+](=O)[O-])c2c(N)n(C)c(=O)n(C)c2=O)c(F)c1C#N. The summed E-state index contributed by atoms with van der Waals surface area (Å²) < 4.78 is 16.8. The van der Waals surface area contributed by atoms with Crippen molar-refractivity contribution in [2.24, 2.45) is 14.1 Å². The predicted octanol–water partition coefficient (Wildman–Crippen LogP) is 0.152. The quantitative estimate of drug-likeness (QED) is 0.566. The highest BCUT2D eigenvalue weighted by atomic mass is 19.1. The van der Waals surface area contributed by atoms with Crippen molar-refractivity contribution < 1.29 is 9.31 Å². The summed E-state index contributed by atoms with van der Waals surface area (Å²) in [4.78, 5) is 36.7. The molecular weight excluding hydrogens is 371 g/mol. The van der Waals surface area contributed by atoms with Crippen molar-refractivity contribution in [1.29, 1.82) is 5.26 Å². The van der Waals surface area contributed by atoms with Crippen LogP contribution in [0.1, 0.15) is 22.6 Å². The van der Waals surface area contributed by atoms with E-state index >= 15 is 4.39 Å². The zero-order valence-corrected chi connectivity index (χ0v) is 15.8. The van der Waals surface area contributed by atoms with Crippen molar-refractivity contribution in [1.82, 2.24) is 9.13 Å². The van der Waals surface area contributed by atoms with Gasteiger partial charge in [-0.3, -0.25) is 24.0 Å². The van der Waals surface area contributed by atoms with Crippen molar-refractivity contribution in [3.05, 3.63) is 65.6 Å². The van der Waals surface area contributed by atoms with Gasteiger partial charge >= 0.3 is 5.69 Å². The second-order valence-corrected chi connectivity index (χ2v) is 6.44. The summed E-state index contributed by atoms with van der Waals surface area (Å²) >= 11 is 0. The van der Waals surface area contributed by atoms with E-state index in [4.69, 9.17) is 5.73 Å². The maximum atomic E-state index is 15.1. The minimum Gasteiger partial charge on any atom is -0.385 e. The molecule has 2 N–H and O–H groups in total. The Morgan fingerprint density at radius 2 is 1.93 bits per heavy atom. The Morgan fingerprint density at radius 1 is 1.32 bits per heavy atom. The van der Waals surface area contributed by atoms with Crippen molar-refractivity contribution in [2.75, 3.05) is 31.3 Å². The van der Waals surface area contributed by atoms with E-state index in [9.17, 15) is 25.0 Å². The van der Waals surface area contributed by atoms with Crippen LogP contribution >= 0.6 is 0 Å². The molecule has 0 radical (unpaired) electrons. The Labute approximate surface area is 159 Å². The zero-order valence-electron chi connectivity index (χ0n) is 15.8. The summed E-state index contributed by atoms with van der Waals surface area (Å²) in [6.07, 6.45) is 0. The number of nitrogens with zero attached hydrogens (tertiary/aromatic N) is 5. The predicted molar refractivity (Wildman–Crippen MR) is 100 cm³/mol. The monoisotopic (exact) mass is 390 g/mol. The van der Waals surface area contributed by atoms with Crippen LogP contribution in [0.25, 0.3) is 0 Å². The Balaban J connectivity index is 2.90. The van der Waals surface area contributed by atoms with Crippen LogP contribution < -0.4 is 21.9 Å². The molecule has 0 bridgehead atoms. The number of nitrogen functional groups attached to an aromatic ring is 1. The maximum absolute atomic E-state index is 15.1. The molecule has 0 aliphatic rings. The minimum atomic E-state index is -1.39. The van der Waals surface area contributed by atoms with E-state index in [1.807, 2.05) is 0 Å². The largest absolute Gasteiger partial charge is 0.385 e. The molecule has 0 aliphatic carbocycles. The van der Waals surface area contributed by atoms with Gasteiger partial charge in [-0.2, -0.15) is 5.26 Å². The van der Waals surface area contributed by atoms with Gasteiger partial charge in [0, 0.05) is 38.7 Å². The smallest absolute Gasteiger partial charge is 0.332 e. The van der Waals surface area contributed by atoms with Crippen molar-refractivity contribution in [3.63, 3.8) is 0 Å². The van der Waals surface area contributed by atoms with Crippen molar-refractivity contribution in [3.8, 4) is 6.07 Å². The van der Waals surface area contributed by atoms with Gasteiger partial charge in [-0.05, 0) is 6.07 Å². The van der Waals surface area contributed by atoms with Gasteiger partial charge in [0.1, 0.15) is 23.3 Å². The molecule has 0 aliphatic heterocycles. The van der Waals surface area contributed by atoms with E-state index in [1.165, 1.54) is 31.1 Å². The minimum absolute atomic E-state index is 0.221. The van der Waals surface area contributed by atoms with E-state index in [0.29, 0.717) is 0 Å². The van der Waals surface area contributed by atoms with Crippen LogP contribution in [0, 0.1) is 27.3 Å². The van der Waals surface area contributed by atoms with Gasteiger partial charge < -0.3 is 10.6 Å². The van der Waals surface area contributed by atoms with Crippen LogP contribution in [-0.4, -0.2) is 34.7 Å². The van der Waals surface area contributed by atoms with Gasteiger partial charge in [-0.25, -0.2) is 9.18 Å². The molecule has 0 saturated heterocycles. The lowest BCUT2D eigenvalue weighted by molar-refractivity contribution is -0.481. The summed E-state index contributed by atoms with van der Waals surface area (Å²) in [6, 6.07) is 4.47. The first-order valence-electron chi connectivity index (χ1n) is 8.09. The van der Waals surface area contributed by atoms with E-state index in [2.05, 4.69) is 0 Å². The molecule has 1 aromatic carbocycles. The number of hydrogen-bond donors (Lipinski definition) is 1. The number of halogens is 1. The van der Waals surface area contributed by atoms with Crippen LogP contribution in [0.5, 0.6) is 0 Å². The fourth-order valence-electron chi connectivity index (χ4n) is 3.04. The Bertz CT molecular complexity index is 1110. The number of rotatable bonds is 5. The third-order valence-electron chi connectivity index (χ3n) is 4.55. The first kappa shape index (κ1) is 20.6. The van der Waals surface area contributed by atoms with E-state index in [0.717, 1.165) is 9.13 Å². The fraction of sp³-hybridized carbons (Fsp3) is 0.353. The summed E-state index contributed by atoms with van der Waals surface area (Å²) in [5, 5.41) is 20.6. The number of aromatic nitrogens is 2. The van der Waals surface area contributed by atoms with E-state index in [-0.39, 0.29) is 28.2 Å². The standard InChI is InChI=1S/C17H19FN6O4/c1-21(2)12-6-5-9(14(18)10(12)7-19)11(8-24(27)28)13-15(20)22(3)17(26)23(4)16(13)25/h5-6,11H,8,20H2,1-4H3/t11-/m1/s1. The third kappa shape index (κ3) is 3.32. The van der Waals surface area contributed by atoms with Crippen LogP contribution in [0.15, 0.2) is 21.7 Å². The normalized spacial score (nSPS) is 11.7. The molecule has 0 unspecified atom stereocenters.